The zero-order chi connectivity index (χ0) is 17.7. The monoisotopic (exact) mass is 363 g/mol. The van der Waals surface area contributed by atoms with Crippen molar-refractivity contribution in [1.29, 1.82) is 0 Å². The molecule has 0 radical (unpaired) electrons. The number of hydrogen-bond acceptors (Lipinski definition) is 5. The Bertz CT molecular complexity index is 571. The van der Waals surface area contributed by atoms with Crippen LogP contribution in [0.3, 0.4) is 0 Å². The number of aromatic nitrogens is 2. The summed E-state index contributed by atoms with van der Waals surface area (Å²) in [6.45, 7) is 5.26. The van der Waals surface area contributed by atoms with Gasteiger partial charge < -0.3 is 9.47 Å². The molecule has 1 unspecified atom stereocenters. The van der Waals surface area contributed by atoms with Gasteiger partial charge in [-0.1, -0.05) is 6.92 Å². The maximum Gasteiger partial charge on any atom is 0.137 e. The first kappa shape index (κ1) is 19.5. The van der Waals surface area contributed by atoms with Gasteiger partial charge in [-0.15, -0.1) is 11.6 Å². The van der Waals surface area contributed by atoms with Crippen LogP contribution in [0.5, 0.6) is 11.5 Å². The summed E-state index contributed by atoms with van der Waals surface area (Å²) in [6.07, 6.45) is 9.65. The van der Waals surface area contributed by atoms with E-state index >= 15 is 0 Å². The van der Waals surface area contributed by atoms with Crippen molar-refractivity contribution in [3.05, 3.63) is 49.1 Å². The molecule has 0 aliphatic rings. The minimum atomic E-state index is -0.0463. The zero-order valence-corrected chi connectivity index (χ0v) is 15.4. The average molecular weight is 364 g/mol. The van der Waals surface area contributed by atoms with E-state index in [0.717, 1.165) is 43.9 Å². The van der Waals surface area contributed by atoms with E-state index in [4.69, 9.17) is 21.1 Å². The second-order valence-corrected chi connectivity index (χ2v) is 6.19. The largest absolute Gasteiger partial charge is 0.492 e. The summed E-state index contributed by atoms with van der Waals surface area (Å²) in [6, 6.07) is 7.54. The van der Waals surface area contributed by atoms with Gasteiger partial charge >= 0.3 is 0 Å². The lowest BCUT2D eigenvalue weighted by atomic mass is 10.3. The summed E-state index contributed by atoms with van der Waals surface area (Å²) < 4.78 is 11.4. The molecule has 2 rings (SSSR count). The number of rotatable bonds is 12. The molecule has 0 saturated carbocycles. The molecule has 0 aromatic carbocycles. The van der Waals surface area contributed by atoms with Crippen LogP contribution in [0.25, 0.3) is 0 Å². The van der Waals surface area contributed by atoms with Crippen LogP contribution in [0, 0.1) is 0 Å². The first-order valence-electron chi connectivity index (χ1n) is 8.73. The summed E-state index contributed by atoms with van der Waals surface area (Å²) in [5.41, 5.74) is -0.0463. The van der Waals surface area contributed by atoms with Crippen molar-refractivity contribution in [3.63, 3.8) is 0 Å². The molecule has 2 heterocycles. The van der Waals surface area contributed by atoms with Gasteiger partial charge in [-0.25, -0.2) is 0 Å². The Morgan fingerprint density at radius 3 is 2.20 bits per heavy atom. The first-order valence-corrected chi connectivity index (χ1v) is 9.17. The summed E-state index contributed by atoms with van der Waals surface area (Å²) in [4.78, 5) is 10.4. The molecule has 2 aromatic heterocycles. The van der Waals surface area contributed by atoms with Gasteiger partial charge in [-0.2, -0.15) is 0 Å². The van der Waals surface area contributed by atoms with Gasteiger partial charge in [0, 0.05) is 25.4 Å². The number of ether oxygens (including phenoxy) is 2. The SMILES string of the molecule is CCCN(CCCOc1cccnc1)C(Cl)CCOc1cccnc1. The van der Waals surface area contributed by atoms with E-state index in [0.29, 0.717) is 13.2 Å². The summed E-state index contributed by atoms with van der Waals surface area (Å²) in [5.74, 6) is 1.58. The quantitative estimate of drug-likeness (QED) is 0.324. The van der Waals surface area contributed by atoms with E-state index in [1.807, 2.05) is 24.3 Å². The number of nitrogens with zero attached hydrogens (tertiary/aromatic N) is 3. The van der Waals surface area contributed by atoms with E-state index in [-0.39, 0.29) is 5.50 Å². The molecule has 1 atom stereocenters. The molecule has 6 heteroatoms. The normalized spacial score (nSPS) is 12.1. The Balaban J connectivity index is 1.67. The van der Waals surface area contributed by atoms with Crippen LogP contribution < -0.4 is 9.47 Å². The number of alkyl halides is 1. The highest BCUT2D eigenvalue weighted by Gasteiger charge is 2.15. The summed E-state index contributed by atoms with van der Waals surface area (Å²) in [7, 11) is 0. The number of halogens is 1. The maximum atomic E-state index is 6.57. The molecule has 0 bridgehead atoms. The van der Waals surface area contributed by atoms with Gasteiger partial charge in [0.15, 0.2) is 0 Å². The summed E-state index contributed by atoms with van der Waals surface area (Å²) >= 11 is 6.57. The maximum absolute atomic E-state index is 6.57. The first-order chi connectivity index (χ1) is 12.3. The fourth-order valence-electron chi connectivity index (χ4n) is 2.46. The third-order valence-corrected chi connectivity index (χ3v) is 4.15. The van der Waals surface area contributed by atoms with E-state index in [1.54, 1.807) is 24.8 Å². The molecule has 0 aliphatic heterocycles. The van der Waals surface area contributed by atoms with E-state index in [2.05, 4.69) is 21.8 Å². The van der Waals surface area contributed by atoms with Crippen LogP contribution in [0.4, 0.5) is 0 Å². The molecule has 0 N–H and O–H groups in total. The van der Waals surface area contributed by atoms with Crippen LogP contribution in [0.2, 0.25) is 0 Å². The molecule has 0 aliphatic carbocycles. The molecule has 2 aromatic rings. The highest BCUT2D eigenvalue weighted by molar-refractivity contribution is 6.20. The van der Waals surface area contributed by atoms with Crippen LogP contribution >= 0.6 is 11.6 Å². The topological polar surface area (TPSA) is 47.5 Å². The zero-order valence-electron chi connectivity index (χ0n) is 14.7. The van der Waals surface area contributed by atoms with Crippen molar-refractivity contribution in [2.24, 2.45) is 0 Å². The fourth-order valence-corrected chi connectivity index (χ4v) is 2.74. The Hall–Kier alpha value is -1.85. The van der Waals surface area contributed by atoms with Crippen molar-refractivity contribution < 1.29 is 9.47 Å². The highest BCUT2D eigenvalue weighted by Crippen LogP contribution is 2.14. The predicted molar refractivity (Wildman–Crippen MR) is 100 cm³/mol. The number of pyridine rings is 2. The molecule has 136 valence electrons. The van der Waals surface area contributed by atoms with E-state index < -0.39 is 0 Å². The number of hydrogen-bond donors (Lipinski definition) is 0. The lowest BCUT2D eigenvalue weighted by Crippen LogP contribution is -2.34. The molecule has 0 fully saturated rings. The Morgan fingerprint density at radius 2 is 1.64 bits per heavy atom. The third-order valence-electron chi connectivity index (χ3n) is 3.66. The molecular formula is C19H26ClN3O2. The molecule has 0 spiro atoms. The second-order valence-electron chi connectivity index (χ2n) is 5.69. The minimum absolute atomic E-state index is 0.0463. The van der Waals surface area contributed by atoms with Crippen LogP contribution in [0.1, 0.15) is 26.2 Å². The molecule has 5 nitrogen and oxygen atoms in total. The Labute approximate surface area is 155 Å². The predicted octanol–water partition coefficient (Wildman–Crippen LogP) is 3.99. The van der Waals surface area contributed by atoms with Gasteiger partial charge in [0.05, 0.1) is 31.1 Å². The standard InChI is InChI=1S/C19H26ClN3O2/c1-2-11-23(12-5-13-24-17-6-3-9-21-15-17)19(20)8-14-25-18-7-4-10-22-16-18/h3-4,6-7,9-10,15-16,19H,2,5,8,11-14H2,1H3. The van der Waals surface area contributed by atoms with Gasteiger partial charge in [-0.05, 0) is 43.7 Å². The van der Waals surface area contributed by atoms with E-state index in [1.165, 1.54) is 0 Å². The smallest absolute Gasteiger partial charge is 0.137 e. The van der Waals surface area contributed by atoms with Crippen LogP contribution in [0.15, 0.2) is 49.1 Å². The van der Waals surface area contributed by atoms with Crippen molar-refractivity contribution >= 4 is 11.6 Å². The Kier molecular flexibility index (Phi) is 9.08. The van der Waals surface area contributed by atoms with Crippen molar-refractivity contribution in [1.82, 2.24) is 14.9 Å². The average Bonchev–Trinajstić information content (AvgIpc) is 2.66. The second kappa shape index (κ2) is 11.7. The fraction of sp³-hybridized carbons (Fsp3) is 0.474. The molecule has 0 amide bonds. The van der Waals surface area contributed by atoms with Gasteiger partial charge in [0.25, 0.3) is 0 Å². The van der Waals surface area contributed by atoms with Crippen molar-refractivity contribution in [2.45, 2.75) is 31.7 Å². The Morgan fingerprint density at radius 1 is 1.00 bits per heavy atom. The van der Waals surface area contributed by atoms with Crippen LogP contribution in [-0.2, 0) is 0 Å². The summed E-state index contributed by atoms with van der Waals surface area (Å²) in [5, 5.41) is 0. The minimum Gasteiger partial charge on any atom is -0.492 e. The van der Waals surface area contributed by atoms with Gasteiger partial charge in [-0.3, -0.25) is 14.9 Å². The lowest BCUT2D eigenvalue weighted by molar-refractivity contribution is 0.194. The third kappa shape index (κ3) is 7.71. The van der Waals surface area contributed by atoms with Crippen LogP contribution in [-0.4, -0.2) is 46.7 Å². The molecule has 25 heavy (non-hydrogen) atoms. The van der Waals surface area contributed by atoms with E-state index in [9.17, 15) is 0 Å². The van der Waals surface area contributed by atoms with Gasteiger partial charge in [0.2, 0.25) is 0 Å². The van der Waals surface area contributed by atoms with Gasteiger partial charge in [0.1, 0.15) is 11.5 Å². The lowest BCUT2D eigenvalue weighted by Gasteiger charge is -2.27. The molecular weight excluding hydrogens is 338 g/mol. The highest BCUT2D eigenvalue weighted by atomic mass is 35.5. The molecule has 0 saturated heterocycles. The van der Waals surface area contributed by atoms with Crippen molar-refractivity contribution in [3.8, 4) is 11.5 Å². The van der Waals surface area contributed by atoms with Crippen molar-refractivity contribution in [2.75, 3.05) is 26.3 Å².